The van der Waals surface area contributed by atoms with Gasteiger partial charge >= 0.3 is 0 Å². The normalized spacial score (nSPS) is 12.3. The van der Waals surface area contributed by atoms with E-state index in [-0.39, 0.29) is 11.7 Å². The summed E-state index contributed by atoms with van der Waals surface area (Å²) in [6, 6.07) is 24.6. The first kappa shape index (κ1) is 22.4. The Morgan fingerprint density at radius 2 is 1.61 bits per heavy atom. The highest BCUT2D eigenvalue weighted by atomic mass is 16.5. The molecule has 0 saturated carbocycles. The Bertz CT molecular complexity index is 1030. The lowest BCUT2D eigenvalue weighted by Gasteiger charge is -2.09. The van der Waals surface area contributed by atoms with E-state index in [9.17, 15) is 4.79 Å². The molecule has 0 N–H and O–H groups in total. The second-order valence-corrected chi connectivity index (χ2v) is 7.87. The van der Waals surface area contributed by atoms with E-state index in [2.05, 4.69) is 43.3 Å². The molecule has 0 aliphatic rings. The quantitative estimate of drug-likeness (QED) is 0.395. The van der Waals surface area contributed by atoms with Crippen molar-refractivity contribution in [3.8, 4) is 22.6 Å². The van der Waals surface area contributed by atoms with E-state index in [1.807, 2.05) is 49.4 Å². The first-order valence-electron chi connectivity index (χ1n) is 10.6. The van der Waals surface area contributed by atoms with Crippen LogP contribution in [0.25, 0.3) is 16.7 Å². The molecular formula is C28H30O3. The van der Waals surface area contributed by atoms with Crippen LogP contribution in [0.4, 0.5) is 0 Å². The third-order valence-corrected chi connectivity index (χ3v) is 5.54. The van der Waals surface area contributed by atoms with Crippen LogP contribution in [0.3, 0.4) is 0 Å². The van der Waals surface area contributed by atoms with Gasteiger partial charge in [0.15, 0.2) is 0 Å². The van der Waals surface area contributed by atoms with E-state index in [0.717, 1.165) is 34.6 Å². The van der Waals surface area contributed by atoms with Crippen molar-refractivity contribution in [3.63, 3.8) is 0 Å². The van der Waals surface area contributed by atoms with Crippen LogP contribution in [0, 0.1) is 5.92 Å². The minimum absolute atomic E-state index is 0.0488. The molecule has 160 valence electrons. The molecule has 0 aromatic heterocycles. The van der Waals surface area contributed by atoms with E-state index < -0.39 is 0 Å². The molecule has 3 rings (SSSR count). The minimum Gasteiger partial charge on any atom is -0.497 e. The lowest BCUT2D eigenvalue weighted by Crippen LogP contribution is -2.09. The molecule has 3 heteroatoms. The van der Waals surface area contributed by atoms with E-state index in [1.54, 1.807) is 14.0 Å². The summed E-state index contributed by atoms with van der Waals surface area (Å²) in [6.45, 7) is 6.20. The number of ketones is 1. The minimum atomic E-state index is 0.0488. The zero-order valence-electron chi connectivity index (χ0n) is 18.7. The summed E-state index contributed by atoms with van der Waals surface area (Å²) in [7, 11) is 1.68. The van der Waals surface area contributed by atoms with Crippen LogP contribution in [-0.2, 0) is 11.2 Å². The van der Waals surface area contributed by atoms with Gasteiger partial charge in [0, 0.05) is 5.92 Å². The predicted octanol–water partition coefficient (Wildman–Crippen LogP) is 6.61. The van der Waals surface area contributed by atoms with Gasteiger partial charge in [0.2, 0.25) is 0 Å². The van der Waals surface area contributed by atoms with Gasteiger partial charge in [0.25, 0.3) is 0 Å². The number of carbonyl (C=O) groups is 1. The number of rotatable bonds is 9. The summed E-state index contributed by atoms with van der Waals surface area (Å²) in [5, 5.41) is 0. The number of hydrogen-bond donors (Lipinski definition) is 0. The number of methoxy groups -OCH3 is 1. The summed E-state index contributed by atoms with van der Waals surface area (Å²) in [4.78, 5) is 11.4. The zero-order valence-corrected chi connectivity index (χ0v) is 18.7. The molecule has 3 aromatic rings. The average molecular weight is 415 g/mol. The van der Waals surface area contributed by atoms with E-state index in [1.165, 1.54) is 11.1 Å². The number of allylic oxidation sites excluding steroid dienone is 1. The van der Waals surface area contributed by atoms with Gasteiger partial charge in [-0.1, -0.05) is 55.5 Å². The monoisotopic (exact) mass is 414 g/mol. The number of benzene rings is 3. The molecule has 31 heavy (non-hydrogen) atoms. The molecule has 0 fully saturated rings. The maximum Gasteiger partial charge on any atom is 0.132 e. The van der Waals surface area contributed by atoms with Crippen LogP contribution in [0.15, 0.2) is 78.9 Å². The summed E-state index contributed by atoms with van der Waals surface area (Å²) < 4.78 is 11.2. The van der Waals surface area contributed by atoms with Crippen molar-refractivity contribution in [2.24, 2.45) is 5.92 Å². The molecule has 1 atom stereocenters. The fourth-order valence-electron chi connectivity index (χ4n) is 3.33. The molecule has 0 aliphatic carbocycles. The Balaban J connectivity index is 1.57. The molecule has 3 aromatic carbocycles. The molecule has 0 amide bonds. The lowest BCUT2D eigenvalue weighted by atomic mass is 9.98. The van der Waals surface area contributed by atoms with Gasteiger partial charge in [0.1, 0.15) is 23.9 Å². The van der Waals surface area contributed by atoms with Gasteiger partial charge < -0.3 is 9.47 Å². The molecule has 3 nitrogen and oxygen atoms in total. The Morgan fingerprint density at radius 1 is 0.903 bits per heavy atom. The van der Waals surface area contributed by atoms with Crippen molar-refractivity contribution in [3.05, 3.63) is 90.0 Å². The van der Waals surface area contributed by atoms with E-state index >= 15 is 0 Å². The van der Waals surface area contributed by atoms with Gasteiger partial charge in [-0.2, -0.15) is 0 Å². The Kier molecular flexibility index (Phi) is 7.66. The van der Waals surface area contributed by atoms with E-state index in [0.29, 0.717) is 6.61 Å². The average Bonchev–Trinajstić information content (AvgIpc) is 2.80. The van der Waals surface area contributed by atoms with Gasteiger partial charge in [-0.05, 0) is 78.4 Å². The third kappa shape index (κ3) is 6.32. The van der Waals surface area contributed by atoms with E-state index in [4.69, 9.17) is 9.47 Å². The van der Waals surface area contributed by atoms with Gasteiger partial charge in [-0.25, -0.2) is 0 Å². The molecule has 0 aliphatic heterocycles. The van der Waals surface area contributed by atoms with Crippen LogP contribution in [0.1, 0.15) is 31.9 Å². The Labute approximate surface area is 185 Å². The van der Waals surface area contributed by atoms with Crippen molar-refractivity contribution in [2.75, 3.05) is 13.7 Å². The smallest absolute Gasteiger partial charge is 0.132 e. The van der Waals surface area contributed by atoms with Crippen molar-refractivity contribution in [1.82, 2.24) is 0 Å². The molecule has 0 bridgehead atoms. The molecule has 0 saturated heterocycles. The van der Waals surface area contributed by atoms with Crippen molar-refractivity contribution in [1.29, 1.82) is 0 Å². The van der Waals surface area contributed by atoms with Gasteiger partial charge in [0.05, 0.1) is 7.11 Å². The first-order chi connectivity index (χ1) is 15.0. The molecular weight excluding hydrogens is 384 g/mol. The Morgan fingerprint density at radius 3 is 2.26 bits per heavy atom. The van der Waals surface area contributed by atoms with Crippen LogP contribution in [0.5, 0.6) is 11.5 Å². The van der Waals surface area contributed by atoms with Crippen LogP contribution in [0.2, 0.25) is 0 Å². The molecule has 0 spiro atoms. The number of carbonyl (C=O) groups excluding carboxylic acids is 1. The highest BCUT2D eigenvalue weighted by Gasteiger charge is 2.08. The summed E-state index contributed by atoms with van der Waals surface area (Å²) in [6.07, 6.45) is 2.85. The SMILES string of the molecule is COc1cccc(-c2ccc(/C(C)=C/COc3ccc(CC(C)C(C)=O)cc3)cc2)c1. The van der Waals surface area contributed by atoms with Crippen LogP contribution >= 0.6 is 0 Å². The lowest BCUT2D eigenvalue weighted by molar-refractivity contribution is -0.120. The van der Waals surface area contributed by atoms with Gasteiger partial charge in [-0.15, -0.1) is 0 Å². The molecule has 0 radical (unpaired) electrons. The largest absolute Gasteiger partial charge is 0.497 e. The highest BCUT2D eigenvalue weighted by Crippen LogP contribution is 2.25. The number of Topliss-reactive ketones (excluding diaryl/α,β-unsaturated/α-hetero) is 1. The van der Waals surface area contributed by atoms with Crippen LogP contribution < -0.4 is 9.47 Å². The number of ether oxygens (including phenoxy) is 2. The third-order valence-electron chi connectivity index (χ3n) is 5.54. The summed E-state index contributed by atoms with van der Waals surface area (Å²) >= 11 is 0. The summed E-state index contributed by atoms with van der Waals surface area (Å²) in [5.74, 6) is 1.96. The fourth-order valence-corrected chi connectivity index (χ4v) is 3.33. The standard InChI is InChI=1S/C28H30O3/c1-20(16-17-31-27-14-8-23(9-15-27)18-21(2)22(3)29)24-10-12-25(13-11-24)26-6-5-7-28(19-26)30-4/h5-16,19,21H,17-18H2,1-4H3/b20-16+. The maximum atomic E-state index is 11.4. The highest BCUT2D eigenvalue weighted by molar-refractivity contribution is 5.78. The van der Waals surface area contributed by atoms with Crippen molar-refractivity contribution >= 4 is 11.4 Å². The molecule has 1 unspecified atom stereocenters. The second kappa shape index (κ2) is 10.6. The fraction of sp³-hybridized carbons (Fsp3) is 0.250. The first-order valence-corrected chi connectivity index (χ1v) is 10.6. The Hall–Kier alpha value is -3.33. The number of hydrogen-bond acceptors (Lipinski definition) is 3. The summed E-state index contributed by atoms with van der Waals surface area (Å²) in [5.41, 5.74) is 5.79. The van der Waals surface area contributed by atoms with Gasteiger partial charge in [-0.3, -0.25) is 4.79 Å². The topological polar surface area (TPSA) is 35.5 Å². The van der Waals surface area contributed by atoms with Crippen molar-refractivity contribution in [2.45, 2.75) is 27.2 Å². The maximum absolute atomic E-state index is 11.4. The molecule has 0 heterocycles. The predicted molar refractivity (Wildman–Crippen MR) is 128 cm³/mol. The van der Waals surface area contributed by atoms with Crippen molar-refractivity contribution < 1.29 is 14.3 Å². The van der Waals surface area contributed by atoms with Crippen LogP contribution in [-0.4, -0.2) is 19.5 Å². The zero-order chi connectivity index (χ0) is 22.2. The second-order valence-electron chi connectivity index (χ2n) is 7.87.